The zero-order chi connectivity index (χ0) is 14.7. The van der Waals surface area contributed by atoms with Gasteiger partial charge in [-0.15, -0.1) is 0 Å². The number of carboxylic acid groups (broad SMARTS) is 1. The molecule has 1 aliphatic heterocycles. The first-order chi connectivity index (χ1) is 9.47. The van der Waals surface area contributed by atoms with Crippen molar-refractivity contribution in [2.45, 2.75) is 6.04 Å². The maximum atomic E-state index is 12.0. The van der Waals surface area contributed by atoms with E-state index in [1.54, 1.807) is 6.07 Å². The fourth-order valence-electron chi connectivity index (χ4n) is 1.77. The zero-order valence-corrected chi connectivity index (χ0v) is 11.9. The van der Waals surface area contributed by atoms with Crippen LogP contribution in [0.4, 0.5) is 5.69 Å². The predicted molar refractivity (Wildman–Crippen MR) is 74.5 cm³/mol. The third-order valence-electron chi connectivity index (χ3n) is 2.80. The van der Waals surface area contributed by atoms with Gasteiger partial charge >= 0.3 is 5.97 Å². The Morgan fingerprint density at radius 3 is 2.75 bits per heavy atom. The zero-order valence-electron chi connectivity index (χ0n) is 10.3. The Morgan fingerprint density at radius 1 is 1.40 bits per heavy atom. The first-order valence-electron chi connectivity index (χ1n) is 5.81. The summed E-state index contributed by atoms with van der Waals surface area (Å²) in [6.45, 7) is 0.230. The second kappa shape index (κ2) is 6.02. The van der Waals surface area contributed by atoms with Crippen molar-refractivity contribution < 1.29 is 19.5 Å². The lowest BCUT2D eigenvalue weighted by atomic mass is 10.1. The minimum absolute atomic E-state index is 0.00688. The number of nitrogens with one attached hydrogen (secondary N) is 3. The smallest absolute Gasteiger partial charge is 0.337 e. The van der Waals surface area contributed by atoms with Crippen LogP contribution in [0.15, 0.2) is 22.7 Å². The Kier molecular flexibility index (Phi) is 4.35. The van der Waals surface area contributed by atoms with Crippen molar-refractivity contribution in [1.29, 1.82) is 0 Å². The number of benzene rings is 1. The fourth-order valence-corrected chi connectivity index (χ4v) is 2.14. The van der Waals surface area contributed by atoms with Crippen molar-refractivity contribution in [2.75, 3.05) is 18.4 Å². The van der Waals surface area contributed by atoms with Crippen LogP contribution in [-0.4, -0.2) is 42.0 Å². The van der Waals surface area contributed by atoms with Crippen LogP contribution in [0.3, 0.4) is 0 Å². The summed E-state index contributed by atoms with van der Waals surface area (Å²) in [5, 5.41) is 17.0. The molecule has 1 heterocycles. The molecule has 1 aromatic rings. The van der Waals surface area contributed by atoms with Gasteiger partial charge in [-0.3, -0.25) is 14.9 Å². The van der Waals surface area contributed by atoms with E-state index in [-0.39, 0.29) is 30.2 Å². The van der Waals surface area contributed by atoms with Crippen LogP contribution in [0.2, 0.25) is 0 Å². The highest BCUT2D eigenvalue weighted by Crippen LogP contribution is 2.21. The number of halogens is 1. The summed E-state index contributed by atoms with van der Waals surface area (Å²) in [6, 6.07) is 3.97. The molecule has 2 rings (SSSR count). The van der Waals surface area contributed by atoms with Gasteiger partial charge in [0.05, 0.1) is 17.8 Å². The third-order valence-corrected chi connectivity index (χ3v) is 3.29. The van der Waals surface area contributed by atoms with Crippen molar-refractivity contribution in [3.05, 3.63) is 28.2 Å². The van der Waals surface area contributed by atoms with E-state index in [0.29, 0.717) is 4.47 Å². The van der Waals surface area contributed by atoms with Crippen molar-refractivity contribution in [3.63, 3.8) is 0 Å². The lowest BCUT2D eigenvalue weighted by molar-refractivity contribution is -0.124. The average Bonchev–Trinajstić information content (AvgIpc) is 2.41. The molecule has 0 radical (unpaired) electrons. The van der Waals surface area contributed by atoms with Gasteiger partial charge in [-0.05, 0) is 18.2 Å². The molecule has 1 saturated heterocycles. The number of aromatic carboxylic acids is 1. The van der Waals surface area contributed by atoms with E-state index in [9.17, 15) is 14.4 Å². The molecule has 1 aliphatic rings. The molecule has 2 amide bonds. The molecule has 0 spiro atoms. The number of carbonyl (C=O) groups excluding carboxylic acids is 2. The average molecular weight is 342 g/mol. The Bertz CT molecular complexity index is 566. The molecule has 0 aromatic heterocycles. The van der Waals surface area contributed by atoms with Crippen LogP contribution in [0.5, 0.6) is 0 Å². The highest BCUT2D eigenvalue weighted by atomic mass is 79.9. The summed E-state index contributed by atoms with van der Waals surface area (Å²) in [4.78, 5) is 34.1. The van der Waals surface area contributed by atoms with Crippen LogP contribution in [0, 0.1) is 0 Å². The number of anilines is 1. The summed E-state index contributed by atoms with van der Waals surface area (Å²) in [5.41, 5.74) is 0.206. The molecule has 8 heteroatoms. The maximum Gasteiger partial charge on any atom is 0.337 e. The minimum atomic E-state index is -1.13. The highest BCUT2D eigenvalue weighted by molar-refractivity contribution is 9.10. The Labute approximate surface area is 122 Å². The number of amides is 2. The molecule has 1 unspecified atom stereocenters. The molecule has 4 N–H and O–H groups in total. The molecule has 0 bridgehead atoms. The largest absolute Gasteiger partial charge is 0.478 e. The van der Waals surface area contributed by atoms with Gasteiger partial charge in [0.2, 0.25) is 11.8 Å². The SMILES string of the molecule is O=C1CNC(C(=O)Nc2ccc(Br)cc2C(=O)O)CN1. The first kappa shape index (κ1) is 14.5. The van der Waals surface area contributed by atoms with Crippen molar-refractivity contribution in [2.24, 2.45) is 0 Å². The summed E-state index contributed by atoms with van der Waals surface area (Å²) < 4.78 is 0.607. The van der Waals surface area contributed by atoms with E-state index in [1.165, 1.54) is 12.1 Å². The molecule has 7 nitrogen and oxygen atoms in total. The monoisotopic (exact) mass is 341 g/mol. The lowest BCUT2D eigenvalue weighted by Crippen LogP contribution is -2.56. The Balaban J connectivity index is 2.11. The molecule has 20 heavy (non-hydrogen) atoms. The van der Waals surface area contributed by atoms with Gasteiger partial charge in [-0.2, -0.15) is 0 Å². The Hall–Kier alpha value is -1.93. The van der Waals surface area contributed by atoms with Crippen LogP contribution in [0.25, 0.3) is 0 Å². The van der Waals surface area contributed by atoms with Gasteiger partial charge in [0, 0.05) is 11.0 Å². The summed E-state index contributed by atoms with van der Waals surface area (Å²) >= 11 is 3.18. The van der Waals surface area contributed by atoms with E-state index in [1.807, 2.05) is 0 Å². The van der Waals surface area contributed by atoms with E-state index in [4.69, 9.17) is 5.11 Å². The highest BCUT2D eigenvalue weighted by Gasteiger charge is 2.24. The number of piperazine rings is 1. The van der Waals surface area contributed by atoms with Crippen LogP contribution < -0.4 is 16.0 Å². The normalized spacial score (nSPS) is 18.2. The standard InChI is InChI=1S/C12H12BrN3O4/c13-6-1-2-8(7(3-6)12(19)20)16-11(18)9-4-15-10(17)5-14-9/h1-3,9,14H,4-5H2,(H,15,17)(H,16,18)(H,19,20). The van der Waals surface area contributed by atoms with Gasteiger partial charge in [0.25, 0.3) is 0 Å². The number of hydrogen-bond donors (Lipinski definition) is 4. The lowest BCUT2D eigenvalue weighted by Gasteiger charge is -2.23. The molecular formula is C12H12BrN3O4. The first-order valence-corrected chi connectivity index (χ1v) is 6.60. The van der Waals surface area contributed by atoms with Crippen LogP contribution >= 0.6 is 15.9 Å². The molecule has 0 aliphatic carbocycles. The molecular weight excluding hydrogens is 330 g/mol. The van der Waals surface area contributed by atoms with E-state index in [2.05, 4.69) is 31.9 Å². The molecule has 1 fully saturated rings. The molecule has 0 saturated carbocycles. The second-order valence-electron chi connectivity index (χ2n) is 4.22. The summed E-state index contributed by atoms with van der Waals surface area (Å²) in [7, 11) is 0. The fraction of sp³-hybridized carbons (Fsp3) is 0.250. The molecule has 1 atom stereocenters. The number of carboxylic acids is 1. The molecule has 1 aromatic carbocycles. The van der Waals surface area contributed by atoms with Gasteiger partial charge in [0.15, 0.2) is 0 Å². The van der Waals surface area contributed by atoms with E-state index in [0.717, 1.165) is 0 Å². The van der Waals surface area contributed by atoms with Gasteiger partial charge in [-0.25, -0.2) is 4.79 Å². The number of carbonyl (C=O) groups is 3. The third kappa shape index (κ3) is 3.34. The predicted octanol–water partition coefficient (Wildman–Crippen LogP) is 0.174. The van der Waals surface area contributed by atoms with Crippen LogP contribution in [0.1, 0.15) is 10.4 Å². The summed E-state index contributed by atoms with van der Waals surface area (Å²) in [6.07, 6.45) is 0. The quantitative estimate of drug-likeness (QED) is 0.627. The second-order valence-corrected chi connectivity index (χ2v) is 5.14. The van der Waals surface area contributed by atoms with Crippen molar-refractivity contribution in [3.8, 4) is 0 Å². The minimum Gasteiger partial charge on any atom is -0.478 e. The van der Waals surface area contributed by atoms with Crippen LogP contribution in [-0.2, 0) is 9.59 Å². The molecule has 106 valence electrons. The van der Waals surface area contributed by atoms with Crippen molar-refractivity contribution >= 4 is 39.4 Å². The topological polar surface area (TPSA) is 108 Å². The maximum absolute atomic E-state index is 12.0. The van der Waals surface area contributed by atoms with E-state index >= 15 is 0 Å². The van der Waals surface area contributed by atoms with Gasteiger partial charge < -0.3 is 15.7 Å². The van der Waals surface area contributed by atoms with E-state index < -0.39 is 17.9 Å². The number of hydrogen-bond acceptors (Lipinski definition) is 4. The number of rotatable bonds is 3. The van der Waals surface area contributed by atoms with Gasteiger partial charge in [0.1, 0.15) is 6.04 Å². The van der Waals surface area contributed by atoms with Crippen molar-refractivity contribution in [1.82, 2.24) is 10.6 Å². The summed E-state index contributed by atoms with van der Waals surface area (Å²) in [5.74, 6) is -1.70. The Morgan fingerprint density at radius 2 is 2.15 bits per heavy atom. The van der Waals surface area contributed by atoms with Gasteiger partial charge in [-0.1, -0.05) is 15.9 Å².